The van der Waals surface area contributed by atoms with Crippen molar-refractivity contribution in [1.82, 2.24) is 30.7 Å². The van der Waals surface area contributed by atoms with Crippen LogP contribution < -0.4 is 25.4 Å². The molecule has 0 atom stereocenters. The minimum Gasteiger partial charge on any atom is -0.490 e. The molecular formula is C28H25FN8O5. The second kappa shape index (κ2) is 13.0. The molecule has 0 aliphatic heterocycles. The molecule has 14 heteroatoms. The molecule has 0 saturated heterocycles. The van der Waals surface area contributed by atoms with Crippen LogP contribution in [0, 0.1) is 5.82 Å². The number of halogens is 1. The minimum absolute atomic E-state index is 0.0310. The fraction of sp³-hybridized carbons (Fsp3) is 0.143. The number of ether oxygens (including phenoxy) is 3. The van der Waals surface area contributed by atoms with Crippen LogP contribution in [0.1, 0.15) is 34.2 Å². The van der Waals surface area contributed by atoms with E-state index < -0.39 is 5.91 Å². The van der Waals surface area contributed by atoms with Gasteiger partial charge in [-0.1, -0.05) is 41.6 Å². The molecule has 3 N–H and O–H groups in total. The van der Waals surface area contributed by atoms with Crippen LogP contribution in [0.4, 0.5) is 10.2 Å². The summed E-state index contributed by atoms with van der Waals surface area (Å²) in [5.74, 6) is 0.427. The number of nitrogens with two attached hydrogens (primary N) is 1. The lowest BCUT2D eigenvalue weighted by Gasteiger charge is -2.13. The largest absolute Gasteiger partial charge is 0.490 e. The van der Waals surface area contributed by atoms with Crippen LogP contribution in [0.3, 0.4) is 0 Å². The third-order valence-corrected chi connectivity index (χ3v) is 5.78. The highest BCUT2D eigenvalue weighted by Crippen LogP contribution is 2.29. The molecule has 3 aromatic carbocycles. The number of aromatic nitrogens is 5. The zero-order valence-electron chi connectivity index (χ0n) is 22.3. The van der Waals surface area contributed by atoms with Crippen LogP contribution in [0.5, 0.6) is 17.2 Å². The number of carbonyl (C=O) groups is 1. The molecule has 0 unspecified atom stereocenters. The second-order valence-electron chi connectivity index (χ2n) is 8.59. The van der Waals surface area contributed by atoms with E-state index in [0.29, 0.717) is 35.0 Å². The summed E-state index contributed by atoms with van der Waals surface area (Å²) in [5, 5.41) is 19.3. The first-order valence-electron chi connectivity index (χ1n) is 12.7. The summed E-state index contributed by atoms with van der Waals surface area (Å²) in [6, 6.07) is 20.4. The standard InChI is InChI=1S/C28H25FN8O5/c1-2-39-24-14-18(12-13-23(24)41-16-19-8-6-7-11-21(19)29)15-31-33-28(38)25-22(17-40-20-9-4-3-5-10-20)37(36-32-25)27-26(30)34-42-35-27/h3-15H,2,16-17H2,1H3,(H2,30,34)(H,33,38). The molecule has 42 heavy (non-hydrogen) atoms. The zero-order valence-corrected chi connectivity index (χ0v) is 22.3. The maximum absolute atomic E-state index is 14.0. The summed E-state index contributed by atoms with van der Waals surface area (Å²) in [4.78, 5) is 13.0. The Morgan fingerprint density at radius 2 is 1.83 bits per heavy atom. The number of anilines is 1. The maximum atomic E-state index is 14.0. The lowest BCUT2D eigenvalue weighted by atomic mass is 10.2. The first-order chi connectivity index (χ1) is 20.5. The van der Waals surface area contributed by atoms with Crippen molar-refractivity contribution in [2.75, 3.05) is 12.3 Å². The zero-order chi connectivity index (χ0) is 29.3. The summed E-state index contributed by atoms with van der Waals surface area (Å²) in [7, 11) is 0. The third-order valence-electron chi connectivity index (χ3n) is 5.78. The number of rotatable bonds is 12. The van der Waals surface area contributed by atoms with Gasteiger partial charge in [0.15, 0.2) is 17.2 Å². The molecule has 0 aliphatic rings. The van der Waals surface area contributed by atoms with Crippen LogP contribution >= 0.6 is 0 Å². The molecule has 0 bridgehead atoms. The summed E-state index contributed by atoms with van der Waals surface area (Å²) >= 11 is 0. The Morgan fingerprint density at radius 1 is 1.02 bits per heavy atom. The van der Waals surface area contributed by atoms with Crippen molar-refractivity contribution in [3.05, 3.63) is 101 Å². The van der Waals surface area contributed by atoms with E-state index in [1.165, 1.54) is 17.0 Å². The average Bonchev–Trinajstić information content (AvgIpc) is 3.62. The Bertz CT molecular complexity index is 1690. The molecule has 5 aromatic rings. The van der Waals surface area contributed by atoms with Gasteiger partial charge in [-0.2, -0.15) is 9.78 Å². The van der Waals surface area contributed by atoms with Gasteiger partial charge in [0.05, 0.1) is 12.8 Å². The van der Waals surface area contributed by atoms with Gasteiger partial charge in [0.2, 0.25) is 11.6 Å². The van der Waals surface area contributed by atoms with Crippen LogP contribution in [0.15, 0.2) is 82.5 Å². The van der Waals surface area contributed by atoms with Crippen molar-refractivity contribution in [2.45, 2.75) is 20.1 Å². The van der Waals surface area contributed by atoms with E-state index >= 15 is 0 Å². The Hall–Kier alpha value is -5.79. The van der Waals surface area contributed by atoms with Crippen molar-refractivity contribution < 1.29 is 28.0 Å². The Morgan fingerprint density at radius 3 is 2.60 bits per heavy atom. The molecular weight excluding hydrogens is 547 g/mol. The topological polar surface area (TPSA) is 165 Å². The van der Waals surface area contributed by atoms with Gasteiger partial charge in [-0.05, 0) is 59.2 Å². The highest BCUT2D eigenvalue weighted by molar-refractivity contribution is 5.94. The Balaban J connectivity index is 1.30. The SMILES string of the molecule is CCOc1cc(C=NNC(=O)c2nnn(-c3nonc3N)c2COc2ccccc2)ccc1OCc1ccccc1F. The summed E-state index contributed by atoms with van der Waals surface area (Å²) in [6.07, 6.45) is 1.42. The van der Waals surface area contributed by atoms with Gasteiger partial charge in [0.25, 0.3) is 5.91 Å². The highest BCUT2D eigenvalue weighted by atomic mass is 19.1. The van der Waals surface area contributed by atoms with Gasteiger partial charge >= 0.3 is 0 Å². The highest BCUT2D eigenvalue weighted by Gasteiger charge is 2.24. The quantitative estimate of drug-likeness (QED) is 0.166. The Kier molecular flexibility index (Phi) is 8.62. The van der Waals surface area contributed by atoms with E-state index in [2.05, 4.69) is 35.8 Å². The van der Waals surface area contributed by atoms with E-state index in [1.54, 1.807) is 48.5 Å². The van der Waals surface area contributed by atoms with Gasteiger partial charge in [-0.25, -0.2) is 14.4 Å². The first-order valence-corrected chi connectivity index (χ1v) is 12.7. The van der Waals surface area contributed by atoms with Crippen LogP contribution in [-0.2, 0) is 13.2 Å². The van der Waals surface area contributed by atoms with E-state index in [4.69, 9.17) is 19.9 Å². The fourth-order valence-electron chi connectivity index (χ4n) is 3.77. The number of benzene rings is 3. The normalized spacial score (nSPS) is 11.0. The molecule has 2 heterocycles. The summed E-state index contributed by atoms with van der Waals surface area (Å²) in [6.45, 7) is 2.14. The fourth-order valence-corrected chi connectivity index (χ4v) is 3.77. The average molecular weight is 573 g/mol. The van der Waals surface area contributed by atoms with Crippen LogP contribution in [-0.4, -0.2) is 44.0 Å². The Labute approximate surface area is 238 Å². The van der Waals surface area contributed by atoms with Crippen LogP contribution in [0.25, 0.3) is 5.82 Å². The molecule has 0 spiro atoms. The number of hydrazone groups is 1. The molecule has 5 rings (SSSR count). The van der Waals surface area contributed by atoms with E-state index in [0.717, 1.165) is 0 Å². The summed E-state index contributed by atoms with van der Waals surface area (Å²) < 4.78 is 37.1. The number of carbonyl (C=O) groups excluding carboxylic acids is 1. The number of hydrogen-bond donors (Lipinski definition) is 2. The molecule has 0 radical (unpaired) electrons. The molecule has 1 amide bonds. The second-order valence-corrected chi connectivity index (χ2v) is 8.59. The van der Waals surface area contributed by atoms with Crippen molar-refractivity contribution in [2.24, 2.45) is 5.10 Å². The van der Waals surface area contributed by atoms with Crippen molar-refractivity contribution >= 4 is 17.9 Å². The van der Waals surface area contributed by atoms with Gasteiger partial charge < -0.3 is 19.9 Å². The van der Waals surface area contributed by atoms with Crippen molar-refractivity contribution in [3.8, 4) is 23.1 Å². The number of nitrogen functional groups attached to an aromatic ring is 1. The van der Waals surface area contributed by atoms with Gasteiger partial charge in [-0.3, -0.25) is 4.79 Å². The molecule has 0 aliphatic carbocycles. The van der Waals surface area contributed by atoms with E-state index in [9.17, 15) is 9.18 Å². The van der Waals surface area contributed by atoms with Crippen LogP contribution in [0.2, 0.25) is 0 Å². The number of amides is 1. The lowest BCUT2D eigenvalue weighted by molar-refractivity contribution is 0.0947. The number of hydrogen-bond acceptors (Lipinski definition) is 11. The van der Waals surface area contributed by atoms with Gasteiger partial charge in [0, 0.05) is 5.56 Å². The molecule has 0 fully saturated rings. The van der Waals surface area contributed by atoms with Crippen molar-refractivity contribution in [3.63, 3.8) is 0 Å². The molecule has 13 nitrogen and oxygen atoms in total. The molecule has 2 aromatic heterocycles. The first kappa shape index (κ1) is 27.8. The third kappa shape index (κ3) is 6.50. The summed E-state index contributed by atoms with van der Waals surface area (Å²) in [5.41, 5.74) is 9.45. The smallest absolute Gasteiger partial charge is 0.293 e. The number of nitrogens with one attached hydrogen (secondary N) is 1. The minimum atomic E-state index is -0.658. The maximum Gasteiger partial charge on any atom is 0.293 e. The van der Waals surface area contributed by atoms with Crippen molar-refractivity contribution in [1.29, 1.82) is 0 Å². The molecule has 0 saturated carbocycles. The monoisotopic (exact) mass is 572 g/mol. The van der Waals surface area contributed by atoms with E-state index in [1.807, 2.05) is 25.1 Å². The number of nitrogens with zero attached hydrogens (tertiary/aromatic N) is 6. The predicted molar refractivity (Wildman–Crippen MR) is 148 cm³/mol. The lowest BCUT2D eigenvalue weighted by Crippen LogP contribution is -2.21. The number of para-hydroxylation sites is 1. The van der Waals surface area contributed by atoms with Gasteiger partial charge in [0.1, 0.15) is 30.5 Å². The van der Waals surface area contributed by atoms with Gasteiger partial charge in [-0.15, -0.1) is 5.10 Å². The predicted octanol–water partition coefficient (Wildman–Crippen LogP) is 3.69. The molecule has 214 valence electrons. The van der Waals surface area contributed by atoms with E-state index in [-0.39, 0.29) is 42.1 Å².